The lowest BCUT2D eigenvalue weighted by atomic mass is 10.4. The van der Waals surface area contributed by atoms with E-state index in [1.165, 1.54) is 0 Å². The van der Waals surface area contributed by atoms with Crippen LogP contribution < -0.4 is 5.73 Å². The normalized spacial score (nSPS) is 13.4. The summed E-state index contributed by atoms with van der Waals surface area (Å²) in [7, 11) is 0. The third kappa shape index (κ3) is 7.74. The molecule has 0 aliphatic carbocycles. The van der Waals surface area contributed by atoms with Crippen molar-refractivity contribution in [2.24, 2.45) is 5.73 Å². The van der Waals surface area contributed by atoms with Crippen molar-refractivity contribution in [2.75, 3.05) is 33.0 Å². The predicted molar refractivity (Wildman–Crippen MR) is 42.4 cm³/mol. The summed E-state index contributed by atoms with van der Waals surface area (Å²) < 4.78 is 9.95. The molecule has 0 spiro atoms. The zero-order valence-electron chi connectivity index (χ0n) is 6.95. The second-order valence-electron chi connectivity index (χ2n) is 2.18. The molecule has 0 saturated heterocycles. The number of hydrogen-bond acceptors (Lipinski definition) is 4. The molecule has 0 heterocycles. The molecular formula is C7H17NO3. The Morgan fingerprint density at radius 3 is 2.55 bits per heavy atom. The van der Waals surface area contributed by atoms with Crippen molar-refractivity contribution in [3.8, 4) is 0 Å². The van der Waals surface area contributed by atoms with Gasteiger partial charge in [-0.1, -0.05) is 0 Å². The zero-order chi connectivity index (χ0) is 8.53. The maximum absolute atomic E-state index is 9.12. The molecule has 0 fully saturated rings. The first kappa shape index (κ1) is 10.8. The van der Waals surface area contributed by atoms with Gasteiger partial charge in [-0.05, 0) is 6.92 Å². The van der Waals surface area contributed by atoms with Crippen LogP contribution in [0, 0.1) is 0 Å². The first-order valence-corrected chi connectivity index (χ1v) is 3.84. The van der Waals surface area contributed by atoms with Crippen LogP contribution in [0.5, 0.6) is 0 Å². The fourth-order valence-electron chi connectivity index (χ4n) is 0.605. The van der Waals surface area contributed by atoms with Gasteiger partial charge in [0.05, 0.1) is 19.8 Å². The van der Waals surface area contributed by atoms with Crippen LogP contribution in [0.25, 0.3) is 0 Å². The Morgan fingerprint density at radius 1 is 1.36 bits per heavy atom. The minimum atomic E-state index is -0.526. The summed E-state index contributed by atoms with van der Waals surface area (Å²) in [6.07, 6.45) is -0.526. The van der Waals surface area contributed by atoms with Crippen LogP contribution in [-0.2, 0) is 9.47 Å². The van der Waals surface area contributed by atoms with Gasteiger partial charge in [-0.2, -0.15) is 0 Å². The van der Waals surface area contributed by atoms with Crippen LogP contribution in [-0.4, -0.2) is 44.2 Å². The Balaban J connectivity index is 3.02. The second-order valence-corrected chi connectivity index (χ2v) is 2.18. The molecule has 0 aliphatic rings. The van der Waals surface area contributed by atoms with Gasteiger partial charge in [-0.3, -0.25) is 0 Å². The van der Waals surface area contributed by atoms with Gasteiger partial charge < -0.3 is 20.3 Å². The van der Waals surface area contributed by atoms with E-state index in [9.17, 15) is 0 Å². The monoisotopic (exact) mass is 163 g/mol. The van der Waals surface area contributed by atoms with Crippen molar-refractivity contribution in [1.29, 1.82) is 0 Å². The SMILES string of the molecule is CCOCC(O)COCCN. The average Bonchev–Trinajstić information content (AvgIpc) is 2.01. The standard InChI is InChI=1S/C7H17NO3/c1-2-10-5-7(9)6-11-4-3-8/h7,9H,2-6,8H2,1H3. The molecule has 3 N–H and O–H groups in total. The van der Waals surface area contributed by atoms with E-state index in [0.29, 0.717) is 33.0 Å². The third-order valence-electron chi connectivity index (χ3n) is 1.09. The van der Waals surface area contributed by atoms with Gasteiger partial charge in [0, 0.05) is 13.2 Å². The van der Waals surface area contributed by atoms with Gasteiger partial charge in [0.25, 0.3) is 0 Å². The van der Waals surface area contributed by atoms with E-state index < -0.39 is 6.10 Å². The van der Waals surface area contributed by atoms with Crippen molar-refractivity contribution >= 4 is 0 Å². The topological polar surface area (TPSA) is 64.7 Å². The molecule has 0 bridgehead atoms. The van der Waals surface area contributed by atoms with E-state index in [2.05, 4.69) is 0 Å². The fraction of sp³-hybridized carbons (Fsp3) is 1.00. The molecule has 4 heteroatoms. The summed E-state index contributed by atoms with van der Waals surface area (Å²) in [4.78, 5) is 0. The summed E-state index contributed by atoms with van der Waals surface area (Å²) in [5.74, 6) is 0. The van der Waals surface area contributed by atoms with E-state index in [4.69, 9.17) is 20.3 Å². The summed E-state index contributed by atoms with van der Waals surface area (Å²) in [6.45, 7) is 4.12. The summed E-state index contributed by atoms with van der Waals surface area (Å²) >= 11 is 0. The highest BCUT2D eigenvalue weighted by atomic mass is 16.5. The Hall–Kier alpha value is -0.160. The molecule has 0 aliphatic heterocycles. The van der Waals surface area contributed by atoms with Crippen molar-refractivity contribution in [1.82, 2.24) is 0 Å². The molecule has 0 aromatic rings. The van der Waals surface area contributed by atoms with Gasteiger partial charge in [0.1, 0.15) is 6.10 Å². The first-order chi connectivity index (χ1) is 5.31. The lowest BCUT2D eigenvalue weighted by molar-refractivity contribution is -0.0143. The number of hydrogen-bond donors (Lipinski definition) is 2. The van der Waals surface area contributed by atoms with Crippen LogP contribution in [0.2, 0.25) is 0 Å². The van der Waals surface area contributed by atoms with Crippen LogP contribution >= 0.6 is 0 Å². The van der Waals surface area contributed by atoms with Gasteiger partial charge in [0.2, 0.25) is 0 Å². The van der Waals surface area contributed by atoms with E-state index in [1.807, 2.05) is 6.92 Å². The van der Waals surface area contributed by atoms with Crippen molar-refractivity contribution in [2.45, 2.75) is 13.0 Å². The maximum atomic E-state index is 9.12. The second kappa shape index (κ2) is 7.94. The van der Waals surface area contributed by atoms with Gasteiger partial charge in [-0.25, -0.2) is 0 Å². The van der Waals surface area contributed by atoms with E-state index in [0.717, 1.165) is 0 Å². The smallest absolute Gasteiger partial charge is 0.101 e. The molecule has 68 valence electrons. The first-order valence-electron chi connectivity index (χ1n) is 3.84. The molecule has 0 aromatic heterocycles. The molecule has 0 aromatic carbocycles. The molecule has 0 rings (SSSR count). The van der Waals surface area contributed by atoms with Crippen molar-refractivity contribution in [3.63, 3.8) is 0 Å². The Kier molecular flexibility index (Phi) is 7.83. The summed E-state index contributed by atoms with van der Waals surface area (Å²) in [5, 5.41) is 9.12. The molecular weight excluding hydrogens is 146 g/mol. The Bertz CT molecular complexity index is 80.1. The average molecular weight is 163 g/mol. The highest BCUT2D eigenvalue weighted by molar-refractivity contribution is 4.50. The fourth-order valence-corrected chi connectivity index (χ4v) is 0.605. The number of rotatable bonds is 7. The lowest BCUT2D eigenvalue weighted by Crippen LogP contribution is -2.23. The van der Waals surface area contributed by atoms with Crippen LogP contribution in [0.1, 0.15) is 6.92 Å². The van der Waals surface area contributed by atoms with Gasteiger partial charge >= 0.3 is 0 Å². The molecule has 1 atom stereocenters. The number of aliphatic hydroxyl groups excluding tert-OH is 1. The molecule has 0 amide bonds. The largest absolute Gasteiger partial charge is 0.388 e. The van der Waals surface area contributed by atoms with Crippen molar-refractivity contribution < 1.29 is 14.6 Å². The molecule has 4 nitrogen and oxygen atoms in total. The zero-order valence-corrected chi connectivity index (χ0v) is 6.95. The summed E-state index contributed by atoms with van der Waals surface area (Å²) in [6, 6.07) is 0. The quantitative estimate of drug-likeness (QED) is 0.490. The molecule has 11 heavy (non-hydrogen) atoms. The van der Waals surface area contributed by atoms with Crippen molar-refractivity contribution in [3.05, 3.63) is 0 Å². The van der Waals surface area contributed by atoms with E-state index in [-0.39, 0.29) is 0 Å². The van der Waals surface area contributed by atoms with Crippen LogP contribution in [0.15, 0.2) is 0 Å². The third-order valence-corrected chi connectivity index (χ3v) is 1.09. The molecule has 0 saturated carbocycles. The number of aliphatic hydroxyl groups is 1. The van der Waals surface area contributed by atoms with Gasteiger partial charge in [0.15, 0.2) is 0 Å². The summed E-state index contributed by atoms with van der Waals surface area (Å²) in [5.41, 5.74) is 5.18. The van der Waals surface area contributed by atoms with Crippen LogP contribution in [0.3, 0.4) is 0 Å². The van der Waals surface area contributed by atoms with E-state index in [1.54, 1.807) is 0 Å². The number of nitrogens with two attached hydrogens (primary N) is 1. The highest BCUT2D eigenvalue weighted by Gasteiger charge is 2.02. The Morgan fingerprint density at radius 2 is 2.00 bits per heavy atom. The van der Waals surface area contributed by atoms with Crippen LogP contribution in [0.4, 0.5) is 0 Å². The molecule has 0 radical (unpaired) electrons. The van der Waals surface area contributed by atoms with Gasteiger partial charge in [-0.15, -0.1) is 0 Å². The van der Waals surface area contributed by atoms with E-state index >= 15 is 0 Å². The maximum Gasteiger partial charge on any atom is 0.101 e. The highest BCUT2D eigenvalue weighted by Crippen LogP contribution is 1.86. The minimum Gasteiger partial charge on any atom is -0.388 e. The molecule has 1 unspecified atom stereocenters. The Labute approximate surface area is 67.3 Å². The number of ether oxygens (including phenoxy) is 2. The predicted octanol–water partition coefficient (Wildman–Crippen LogP) is -0.641. The lowest BCUT2D eigenvalue weighted by Gasteiger charge is -2.09. The minimum absolute atomic E-state index is 0.303.